The van der Waals surface area contributed by atoms with Crippen molar-refractivity contribution in [1.29, 1.82) is 0 Å². The number of carbonyl (C=O) groups is 1. The van der Waals surface area contributed by atoms with Crippen molar-refractivity contribution in [2.45, 2.75) is 12.2 Å². The Hall–Kier alpha value is -1.40. The molecule has 0 saturated heterocycles. The highest BCUT2D eigenvalue weighted by molar-refractivity contribution is 7.90. The second-order valence-corrected chi connectivity index (χ2v) is 7.09. The number of carboxylic acids is 1. The van der Waals surface area contributed by atoms with Crippen molar-refractivity contribution in [3.8, 4) is 0 Å². The van der Waals surface area contributed by atoms with Crippen molar-refractivity contribution in [3.05, 3.63) is 35.2 Å². The van der Waals surface area contributed by atoms with Gasteiger partial charge in [0.2, 0.25) is 0 Å². The van der Waals surface area contributed by atoms with Gasteiger partial charge in [0.25, 0.3) is 0 Å². The maximum atomic E-state index is 11.8. The zero-order chi connectivity index (χ0) is 13.2. The average Bonchev–Trinajstić information content (AvgIpc) is 2.70. The number of carboxylic acid groups (broad SMARTS) is 1. The summed E-state index contributed by atoms with van der Waals surface area (Å²) in [5, 5.41) is 11.3. The SMILES string of the molecule is O=C(O)CCS(=O)(=O)Cc1csc2ccccc12. The molecule has 1 N–H and O–H groups in total. The summed E-state index contributed by atoms with van der Waals surface area (Å²) in [6, 6.07) is 7.59. The van der Waals surface area contributed by atoms with Crippen LogP contribution in [-0.4, -0.2) is 25.2 Å². The number of thiophene rings is 1. The molecule has 1 aromatic heterocycles. The third-order valence-electron chi connectivity index (χ3n) is 2.56. The van der Waals surface area contributed by atoms with E-state index in [0.717, 1.165) is 15.6 Å². The van der Waals surface area contributed by atoms with Crippen LogP contribution in [0.1, 0.15) is 12.0 Å². The summed E-state index contributed by atoms with van der Waals surface area (Å²) in [4.78, 5) is 10.4. The summed E-state index contributed by atoms with van der Waals surface area (Å²) in [7, 11) is -3.37. The van der Waals surface area contributed by atoms with Gasteiger partial charge in [0, 0.05) is 4.70 Å². The van der Waals surface area contributed by atoms with Gasteiger partial charge >= 0.3 is 5.97 Å². The minimum Gasteiger partial charge on any atom is -0.481 e. The maximum absolute atomic E-state index is 11.8. The number of hydrogen-bond donors (Lipinski definition) is 1. The summed E-state index contributed by atoms with van der Waals surface area (Å²) in [6.07, 6.45) is -0.343. The average molecular weight is 284 g/mol. The number of sulfone groups is 1. The molecule has 1 heterocycles. The molecule has 0 aliphatic heterocycles. The van der Waals surface area contributed by atoms with E-state index in [9.17, 15) is 13.2 Å². The third kappa shape index (κ3) is 3.08. The second kappa shape index (κ2) is 5.07. The van der Waals surface area contributed by atoms with Crippen LogP contribution >= 0.6 is 11.3 Å². The molecule has 0 unspecified atom stereocenters. The largest absolute Gasteiger partial charge is 0.481 e. The van der Waals surface area contributed by atoms with Gasteiger partial charge in [0.1, 0.15) is 0 Å². The first-order valence-corrected chi connectivity index (χ1v) is 8.05. The van der Waals surface area contributed by atoms with Crippen LogP contribution in [0.5, 0.6) is 0 Å². The summed E-state index contributed by atoms with van der Waals surface area (Å²) < 4.78 is 24.6. The Balaban J connectivity index is 2.21. The Morgan fingerprint density at radius 2 is 2.00 bits per heavy atom. The molecule has 0 bridgehead atoms. The van der Waals surface area contributed by atoms with Crippen LogP contribution in [0.3, 0.4) is 0 Å². The fourth-order valence-corrected chi connectivity index (χ4v) is 4.11. The van der Waals surface area contributed by atoms with Crippen LogP contribution in [0.2, 0.25) is 0 Å². The first-order valence-electron chi connectivity index (χ1n) is 5.35. The predicted molar refractivity (Wildman–Crippen MR) is 71.6 cm³/mol. The summed E-state index contributed by atoms with van der Waals surface area (Å²) in [5.41, 5.74) is 0.751. The van der Waals surface area contributed by atoms with Gasteiger partial charge in [-0.05, 0) is 22.4 Å². The van der Waals surface area contributed by atoms with Gasteiger partial charge in [0.15, 0.2) is 9.84 Å². The Labute approximate surface area is 109 Å². The zero-order valence-electron chi connectivity index (χ0n) is 9.50. The Kier molecular flexibility index (Phi) is 3.68. The van der Waals surface area contributed by atoms with E-state index in [1.54, 1.807) is 0 Å². The van der Waals surface area contributed by atoms with E-state index in [4.69, 9.17) is 5.11 Å². The lowest BCUT2D eigenvalue weighted by atomic mass is 10.2. The fourth-order valence-electron chi connectivity index (χ4n) is 1.70. The van der Waals surface area contributed by atoms with Crippen LogP contribution in [0, 0.1) is 0 Å². The molecule has 2 rings (SSSR count). The van der Waals surface area contributed by atoms with E-state index >= 15 is 0 Å². The lowest BCUT2D eigenvalue weighted by Gasteiger charge is -2.01. The Bertz CT molecular complexity index is 670. The van der Waals surface area contributed by atoms with Crippen LogP contribution in [0.15, 0.2) is 29.6 Å². The zero-order valence-corrected chi connectivity index (χ0v) is 11.1. The molecule has 1 aromatic carbocycles. The van der Waals surface area contributed by atoms with Gasteiger partial charge in [-0.2, -0.15) is 0 Å². The molecule has 0 amide bonds. The summed E-state index contributed by atoms with van der Waals surface area (Å²) in [5.74, 6) is -1.50. The van der Waals surface area contributed by atoms with E-state index in [2.05, 4.69) is 0 Å². The highest BCUT2D eigenvalue weighted by Gasteiger charge is 2.16. The molecule has 18 heavy (non-hydrogen) atoms. The van der Waals surface area contributed by atoms with E-state index < -0.39 is 15.8 Å². The molecular weight excluding hydrogens is 272 g/mol. The molecule has 0 spiro atoms. The van der Waals surface area contributed by atoms with Crippen molar-refractivity contribution in [2.24, 2.45) is 0 Å². The second-order valence-electron chi connectivity index (χ2n) is 3.99. The Morgan fingerprint density at radius 3 is 2.72 bits per heavy atom. The molecule has 96 valence electrons. The predicted octanol–water partition coefficient (Wildman–Crippen LogP) is 2.29. The lowest BCUT2D eigenvalue weighted by molar-refractivity contribution is -0.136. The molecule has 6 heteroatoms. The topological polar surface area (TPSA) is 71.4 Å². The fraction of sp³-hybridized carbons (Fsp3) is 0.250. The summed E-state index contributed by atoms with van der Waals surface area (Å²) >= 11 is 1.50. The van der Waals surface area contributed by atoms with Gasteiger partial charge in [0.05, 0.1) is 17.9 Å². The standard InChI is InChI=1S/C12H12O4S2/c13-12(14)5-6-18(15,16)8-9-7-17-11-4-2-1-3-10(9)11/h1-4,7H,5-6,8H2,(H,13,14). The van der Waals surface area contributed by atoms with Crippen molar-refractivity contribution in [3.63, 3.8) is 0 Å². The van der Waals surface area contributed by atoms with Crippen molar-refractivity contribution in [2.75, 3.05) is 5.75 Å². The van der Waals surface area contributed by atoms with Gasteiger partial charge in [-0.3, -0.25) is 4.79 Å². The smallest absolute Gasteiger partial charge is 0.304 e. The minimum absolute atomic E-state index is 0.0930. The first kappa shape index (κ1) is 13.0. The molecule has 0 aliphatic rings. The van der Waals surface area contributed by atoms with Crippen LogP contribution in [0.4, 0.5) is 0 Å². The van der Waals surface area contributed by atoms with Crippen LogP contribution in [0.25, 0.3) is 10.1 Å². The van der Waals surface area contributed by atoms with Crippen molar-refractivity contribution in [1.82, 2.24) is 0 Å². The molecule has 0 saturated carbocycles. The van der Waals surface area contributed by atoms with E-state index in [0.29, 0.717) is 0 Å². The van der Waals surface area contributed by atoms with E-state index in [-0.39, 0.29) is 17.9 Å². The number of hydrogen-bond acceptors (Lipinski definition) is 4. The molecular formula is C12H12O4S2. The molecule has 2 aromatic rings. The first-order chi connectivity index (χ1) is 8.48. The number of fused-ring (bicyclic) bond motifs is 1. The molecule has 4 nitrogen and oxygen atoms in total. The highest BCUT2D eigenvalue weighted by atomic mass is 32.2. The number of benzene rings is 1. The van der Waals surface area contributed by atoms with E-state index in [1.165, 1.54) is 11.3 Å². The number of aliphatic carboxylic acids is 1. The monoisotopic (exact) mass is 284 g/mol. The molecule has 0 radical (unpaired) electrons. The van der Waals surface area contributed by atoms with Gasteiger partial charge < -0.3 is 5.11 Å². The lowest BCUT2D eigenvalue weighted by Crippen LogP contribution is -2.12. The third-order valence-corrected chi connectivity index (χ3v) is 5.15. The van der Waals surface area contributed by atoms with Gasteiger partial charge in [-0.25, -0.2) is 8.42 Å². The van der Waals surface area contributed by atoms with Gasteiger partial charge in [-0.15, -0.1) is 11.3 Å². The maximum Gasteiger partial charge on any atom is 0.304 e. The van der Waals surface area contributed by atoms with Gasteiger partial charge in [-0.1, -0.05) is 18.2 Å². The van der Waals surface area contributed by atoms with Crippen molar-refractivity contribution < 1.29 is 18.3 Å². The highest BCUT2D eigenvalue weighted by Crippen LogP contribution is 2.27. The van der Waals surface area contributed by atoms with Crippen molar-refractivity contribution >= 4 is 37.2 Å². The summed E-state index contributed by atoms with van der Waals surface area (Å²) in [6.45, 7) is 0. The van der Waals surface area contributed by atoms with Crippen LogP contribution < -0.4 is 0 Å². The molecule has 0 fully saturated rings. The minimum atomic E-state index is -3.37. The Morgan fingerprint density at radius 1 is 1.28 bits per heavy atom. The molecule has 0 aliphatic carbocycles. The quantitative estimate of drug-likeness (QED) is 0.914. The number of rotatable bonds is 5. The van der Waals surface area contributed by atoms with Crippen LogP contribution in [-0.2, 0) is 20.4 Å². The van der Waals surface area contributed by atoms with E-state index in [1.807, 2.05) is 29.6 Å². The normalized spacial score (nSPS) is 11.8. The molecule has 0 atom stereocenters.